The summed E-state index contributed by atoms with van der Waals surface area (Å²) in [6.07, 6.45) is 1.29. The highest BCUT2D eigenvalue weighted by Gasteiger charge is 2.28. The van der Waals surface area contributed by atoms with Gasteiger partial charge in [-0.3, -0.25) is 4.79 Å². The van der Waals surface area contributed by atoms with Crippen LogP contribution < -0.4 is 5.32 Å². The summed E-state index contributed by atoms with van der Waals surface area (Å²) in [6, 6.07) is 13.6. The van der Waals surface area contributed by atoms with Gasteiger partial charge in [0.25, 0.3) is 0 Å². The maximum Gasteiger partial charge on any atom is 0.321 e. The normalized spacial score (nSPS) is 15.0. The van der Waals surface area contributed by atoms with Crippen LogP contribution in [-0.2, 0) is 0 Å². The van der Waals surface area contributed by atoms with Gasteiger partial charge in [-0.25, -0.2) is 4.79 Å². The number of rotatable bonds is 3. The van der Waals surface area contributed by atoms with E-state index in [4.69, 9.17) is 0 Å². The fourth-order valence-corrected chi connectivity index (χ4v) is 3.37. The third-order valence-electron chi connectivity index (χ3n) is 4.38. The van der Waals surface area contributed by atoms with E-state index in [1.165, 1.54) is 12.1 Å². The third kappa shape index (κ3) is 4.39. The Kier molecular flexibility index (Phi) is 5.38. The summed E-state index contributed by atoms with van der Waals surface area (Å²) in [4.78, 5) is 26.6. The van der Waals surface area contributed by atoms with Gasteiger partial charge in [0.2, 0.25) is 0 Å². The molecule has 2 N–H and O–H groups in total. The van der Waals surface area contributed by atoms with E-state index in [9.17, 15) is 14.7 Å². The SMILES string of the molecule is O=C(c1ccc(O)cc1)C1CCN(C(=O)Nc2cccc(Br)c2)CC1. The van der Waals surface area contributed by atoms with E-state index >= 15 is 0 Å². The number of carbonyl (C=O) groups excluding carboxylic acids is 2. The molecule has 2 amide bonds. The third-order valence-corrected chi connectivity index (χ3v) is 4.87. The minimum atomic E-state index is -0.145. The van der Waals surface area contributed by atoms with E-state index in [1.807, 2.05) is 24.3 Å². The molecule has 3 rings (SSSR count). The zero-order valence-corrected chi connectivity index (χ0v) is 15.2. The van der Waals surface area contributed by atoms with Gasteiger partial charge in [-0.05, 0) is 55.3 Å². The largest absolute Gasteiger partial charge is 0.508 e. The van der Waals surface area contributed by atoms with Crippen LogP contribution >= 0.6 is 15.9 Å². The van der Waals surface area contributed by atoms with Crippen LogP contribution in [-0.4, -0.2) is 34.9 Å². The summed E-state index contributed by atoms with van der Waals surface area (Å²) >= 11 is 3.38. The van der Waals surface area contributed by atoms with Crippen LogP contribution in [0.2, 0.25) is 0 Å². The number of nitrogens with one attached hydrogen (secondary N) is 1. The molecule has 1 heterocycles. The molecule has 2 aromatic rings. The highest BCUT2D eigenvalue weighted by atomic mass is 79.9. The van der Waals surface area contributed by atoms with Crippen LogP contribution in [0, 0.1) is 5.92 Å². The van der Waals surface area contributed by atoms with Crippen molar-refractivity contribution >= 4 is 33.4 Å². The van der Waals surface area contributed by atoms with Gasteiger partial charge in [0.05, 0.1) is 0 Å². The lowest BCUT2D eigenvalue weighted by Crippen LogP contribution is -2.42. The molecule has 1 fully saturated rings. The molecule has 25 heavy (non-hydrogen) atoms. The number of amides is 2. The highest BCUT2D eigenvalue weighted by Crippen LogP contribution is 2.24. The molecule has 2 aromatic carbocycles. The number of hydrogen-bond donors (Lipinski definition) is 2. The monoisotopic (exact) mass is 402 g/mol. The number of Topliss-reactive ketones (excluding diaryl/α,β-unsaturated/α-hetero) is 1. The summed E-state index contributed by atoms with van der Waals surface area (Å²) in [6.45, 7) is 1.10. The number of hydrogen-bond acceptors (Lipinski definition) is 3. The molecule has 0 spiro atoms. The highest BCUT2D eigenvalue weighted by molar-refractivity contribution is 9.10. The minimum absolute atomic E-state index is 0.0760. The van der Waals surface area contributed by atoms with E-state index < -0.39 is 0 Å². The number of halogens is 1. The quantitative estimate of drug-likeness (QED) is 0.752. The summed E-state index contributed by atoms with van der Waals surface area (Å²) in [5, 5.41) is 12.2. The van der Waals surface area contributed by atoms with Gasteiger partial charge in [0, 0.05) is 34.7 Å². The predicted octanol–water partition coefficient (Wildman–Crippen LogP) is 4.28. The Morgan fingerprint density at radius 2 is 1.76 bits per heavy atom. The van der Waals surface area contributed by atoms with Crippen LogP contribution in [0.4, 0.5) is 10.5 Å². The first-order chi connectivity index (χ1) is 12.0. The Bertz CT molecular complexity index is 768. The molecule has 0 radical (unpaired) electrons. The van der Waals surface area contributed by atoms with Crippen LogP contribution in [0.1, 0.15) is 23.2 Å². The molecule has 6 heteroatoms. The fraction of sp³-hybridized carbons (Fsp3) is 0.263. The van der Waals surface area contributed by atoms with Crippen LogP contribution in [0.5, 0.6) is 5.75 Å². The number of urea groups is 1. The number of carbonyl (C=O) groups is 2. The molecule has 0 saturated carbocycles. The molecule has 0 aliphatic carbocycles. The summed E-state index contributed by atoms with van der Waals surface area (Å²) in [7, 11) is 0. The van der Waals surface area contributed by atoms with Crippen molar-refractivity contribution in [2.45, 2.75) is 12.8 Å². The van der Waals surface area contributed by atoms with Crippen LogP contribution in [0.3, 0.4) is 0 Å². The van der Waals surface area contributed by atoms with E-state index in [-0.39, 0.29) is 23.5 Å². The molecule has 0 bridgehead atoms. The maximum absolute atomic E-state index is 12.5. The number of ketones is 1. The first-order valence-electron chi connectivity index (χ1n) is 8.17. The van der Waals surface area contributed by atoms with Crippen molar-refractivity contribution in [2.24, 2.45) is 5.92 Å². The predicted molar refractivity (Wildman–Crippen MR) is 99.9 cm³/mol. The van der Waals surface area contributed by atoms with Crippen molar-refractivity contribution in [3.63, 3.8) is 0 Å². The number of benzene rings is 2. The number of nitrogens with zero attached hydrogens (tertiary/aromatic N) is 1. The molecule has 1 aliphatic rings. The average molecular weight is 403 g/mol. The number of phenols is 1. The number of phenolic OH excluding ortho intramolecular Hbond substituents is 1. The van der Waals surface area contributed by atoms with E-state index in [0.29, 0.717) is 31.5 Å². The number of aromatic hydroxyl groups is 1. The summed E-state index contributed by atoms with van der Waals surface area (Å²) < 4.78 is 0.906. The Morgan fingerprint density at radius 3 is 2.40 bits per heavy atom. The summed E-state index contributed by atoms with van der Waals surface area (Å²) in [5.41, 5.74) is 1.34. The Morgan fingerprint density at radius 1 is 1.08 bits per heavy atom. The first kappa shape index (κ1) is 17.5. The van der Waals surface area contributed by atoms with Gasteiger partial charge in [0.1, 0.15) is 5.75 Å². The van der Waals surface area contributed by atoms with Gasteiger partial charge >= 0.3 is 6.03 Å². The van der Waals surface area contributed by atoms with Crippen LogP contribution in [0.15, 0.2) is 53.0 Å². The Labute approximate surface area is 154 Å². The van der Waals surface area contributed by atoms with Crippen molar-refractivity contribution in [1.82, 2.24) is 4.90 Å². The Hall–Kier alpha value is -2.34. The molecular weight excluding hydrogens is 384 g/mol. The smallest absolute Gasteiger partial charge is 0.321 e. The standard InChI is InChI=1S/C19H19BrN2O3/c20-15-2-1-3-16(12-15)21-19(25)22-10-8-14(9-11-22)18(24)13-4-6-17(23)7-5-13/h1-7,12,14,23H,8-11H2,(H,21,25). The first-order valence-corrected chi connectivity index (χ1v) is 8.97. The minimum Gasteiger partial charge on any atom is -0.508 e. The van der Waals surface area contributed by atoms with Crippen molar-refractivity contribution in [2.75, 3.05) is 18.4 Å². The molecular formula is C19H19BrN2O3. The maximum atomic E-state index is 12.5. The lowest BCUT2D eigenvalue weighted by molar-refractivity contribution is 0.0859. The second kappa shape index (κ2) is 7.70. The molecule has 1 saturated heterocycles. The molecule has 0 unspecified atom stereocenters. The van der Waals surface area contributed by atoms with Crippen molar-refractivity contribution in [3.05, 3.63) is 58.6 Å². The second-order valence-corrected chi connectivity index (χ2v) is 7.03. The summed E-state index contributed by atoms with van der Waals surface area (Å²) in [5.74, 6) is 0.141. The fourth-order valence-electron chi connectivity index (χ4n) is 2.97. The topological polar surface area (TPSA) is 69.6 Å². The molecule has 5 nitrogen and oxygen atoms in total. The van der Waals surface area contributed by atoms with Gasteiger partial charge in [0.15, 0.2) is 5.78 Å². The van der Waals surface area contributed by atoms with Gasteiger partial charge in [-0.2, -0.15) is 0 Å². The number of piperidine rings is 1. The number of likely N-dealkylation sites (tertiary alicyclic amines) is 1. The molecule has 130 valence electrons. The Balaban J connectivity index is 1.55. The van der Waals surface area contributed by atoms with Crippen molar-refractivity contribution < 1.29 is 14.7 Å². The molecule has 1 aliphatic heterocycles. The van der Waals surface area contributed by atoms with E-state index in [0.717, 1.165) is 10.2 Å². The van der Waals surface area contributed by atoms with Crippen molar-refractivity contribution in [3.8, 4) is 5.75 Å². The van der Waals surface area contributed by atoms with Gasteiger partial charge in [-0.1, -0.05) is 22.0 Å². The zero-order chi connectivity index (χ0) is 17.8. The van der Waals surface area contributed by atoms with Crippen LogP contribution in [0.25, 0.3) is 0 Å². The molecule has 0 aromatic heterocycles. The zero-order valence-electron chi connectivity index (χ0n) is 13.6. The van der Waals surface area contributed by atoms with E-state index in [1.54, 1.807) is 17.0 Å². The second-order valence-electron chi connectivity index (χ2n) is 6.11. The average Bonchev–Trinajstić information content (AvgIpc) is 2.62. The van der Waals surface area contributed by atoms with Gasteiger partial charge < -0.3 is 15.3 Å². The lowest BCUT2D eigenvalue weighted by Gasteiger charge is -2.31. The number of anilines is 1. The van der Waals surface area contributed by atoms with Gasteiger partial charge in [-0.15, -0.1) is 0 Å². The lowest BCUT2D eigenvalue weighted by atomic mass is 9.89. The van der Waals surface area contributed by atoms with E-state index in [2.05, 4.69) is 21.2 Å². The molecule has 0 atom stereocenters. The van der Waals surface area contributed by atoms with Crippen molar-refractivity contribution in [1.29, 1.82) is 0 Å².